The summed E-state index contributed by atoms with van der Waals surface area (Å²) in [6.07, 6.45) is 0.704. The van der Waals surface area contributed by atoms with E-state index < -0.39 is 17.1 Å². The first kappa shape index (κ1) is 12.4. The van der Waals surface area contributed by atoms with Crippen LogP contribution in [0.25, 0.3) is 0 Å². The maximum absolute atomic E-state index is 13.3. The van der Waals surface area contributed by atoms with Crippen LogP contribution in [0.15, 0.2) is 18.2 Å². The lowest BCUT2D eigenvalue weighted by atomic mass is 9.83. The van der Waals surface area contributed by atoms with E-state index in [2.05, 4.69) is 0 Å². The van der Waals surface area contributed by atoms with Gasteiger partial charge >= 0.3 is 0 Å². The summed E-state index contributed by atoms with van der Waals surface area (Å²) in [7, 11) is 0. The van der Waals surface area contributed by atoms with Crippen molar-refractivity contribution in [2.24, 2.45) is 11.1 Å². The van der Waals surface area contributed by atoms with E-state index in [1.165, 1.54) is 12.1 Å². The first-order valence-electron chi connectivity index (χ1n) is 4.91. The number of aldehydes is 1. The van der Waals surface area contributed by atoms with Crippen LogP contribution in [-0.4, -0.2) is 12.2 Å². The SMILES string of the molecule is CC(C)(Cc1cccc(F)c1C=O)C(N)=O. The van der Waals surface area contributed by atoms with Gasteiger partial charge in [-0.15, -0.1) is 0 Å². The highest BCUT2D eigenvalue weighted by atomic mass is 19.1. The molecule has 3 nitrogen and oxygen atoms in total. The molecule has 0 unspecified atom stereocenters. The number of hydrogen-bond acceptors (Lipinski definition) is 2. The van der Waals surface area contributed by atoms with E-state index >= 15 is 0 Å². The fourth-order valence-corrected chi connectivity index (χ4v) is 1.43. The Hall–Kier alpha value is -1.71. The zero-order chi connectivity index (χ0) is 12.3. The summed E-state index contributed by atoms with van der Waals surface area (Å²) in [5, 5.41) is 0. The quantitative estimate of drug-likeness (QED) is 0.789. The number of hydrogen-bond donors (Lipinski definition) is 1. The van der Waals surface area contributed by atoms with Gasteiger partial charge in [-0.1, -0.05) is 26.0 Å². The topological polar surface area (TPSA) is 60.2 Å². The molecular weight excluding hydrogens is 209 g/mol. The number of carbonyl (C=O) groups excluding carboxylic acids is 2. The van der Waals surface area contributed by atoms with E-state index in [1.54, 1.807) is 19.9 Å². The number of nitrogens with two attached hydrogens (primary N) is 1. The molecular formula is C12H14FNO2. The molecule has 0 atom stereocenters. The third-order valence-electron chi connectivity index (χ3n) is 2.56. The van der Waals surface area contributed by atoms with Crippen LogP contribution < -0.4 is 5.73 Å². The average molecular weight is 223 g/mol. The lowest BCUT2D eigenvalue weighted by Gasteiger charge is -2.21. The second-order valence-corrected chi connectivity index (χ2v) is 4.36. The highest BCUT2D eigenvalue weighted by Gasteiger charge is 2.26. The van der Waals surface area contributed by atoms with Crippen molar-refractivity contribution in [2.45, 2.75) is 20.3 Å². The van der Waals surface area contributed by atoms with Crippen molar-refractivity contribution >= 4 is 12.2 Å². The van der Waals surface area contributed by atoms with Gasteiger partial charge in [0.2, 0.25) is 5.91 Å². The maximum Gasteiger partial charge on any atom is 0.223 e. The van der Waals surface area contributed by atoms with Crippen molar-refractivity contribution in [2.75, 3.05) is 0 Å². The van der Waals surface area contributed by atoms with Crippen molar-refractivity contribution in [3.8, 4) is 0 Å². The number of benzene rings is 1. The zero-order valence-corrected chi connectivity index (χ0v) is 9.29. The molecule has 2 N–H and O–H groups in total. The van der Waals surface area contributed by atoms with Crippen LogP contribution in [0.1, 0.15) is 29.8 Å². The van der Waals surface area contributed by atoms with Crippen molar-refractivity contribution in [3.63, 3.8) is 0 Å². The average Bonchev–Trinajstić information content (AvgIpc) is 2.17. The maximum atomic E-state index is 13.3. The predicted molar refractivity (Wildman–Crippen MR) is 58.5 cm³/mol. The molecule has 0 radical (unpaired) electrons. The van der Waals surface area contributed by atoms with Gasteiger partial charge in [0.1, 0.15) is 5.82 Å². The molecule has 0 bridgehead atoms. The van der Waals surface area contributed by atoms with E-state index in [-0.39, 0.29) is 12.0 Å². The van der Waals surface area contributed by atoms with Crippen molar-refractivity contribution in [3.05, 3.63) is 35.1 Å². The molecule has 16 heavy (non-hydrogen) atoms. The van der Waals surface area contributed by atoms with Gasteiger partial charge in [0.05, 0.1) is 5.56 Å². The smallest absolute Gasteiger partial charge is 0.223 e. The minimum Gasteiger partial charge on any atom is -0.369 e. The number of primary amides is 1. The third-order valence-corrected chi connectivity index (χ3v) is 2.56. The Bertz CT molecular complexity index is 427. The van der Waals surface area contributed by atoms with E-state index in [0.29, 0.717) is 11.8 Å². The van der Waals surface area contributed by atoms with Gasteiger partial charge in [-0.05, 0) is 18.1 Å². The summed E-state index contributed by atoms with van der Waals surface area (Å²) >= 11 is 0. The predicted octanol–water partition coefficient (Wildman–Crippen LogP) is 1.69. The summed E-state index contributed by atoms with van der Waals surface area (Å²) in [5.74, 6) is -1.05. The molecule has 1 rings (SSSR count). The second-order valence-electron chi connectivity index (χ2n) is 4.36. The molecule has 0 aromatic heterocycles. The molecule has 0 aliphatic heterocycles. The molecule has 1 amide bonds. The molecule has 0 saturated carbocycles. The molecule has 0 spiro atoms. The van der Waals surface area contributed by atoms with Crippen molar-refractivity contribution in [1.82, 2.24) is 0 Å². The highest BCUT2D eigenvalue weighted by Crippen LogP contribution is 2.24. The fraction of sp³-hybridized carbons (Fsp3) is 0.333. The largest absolute Gasteiger partial charge is 0.369 e. The molecule has 86 valence electrons. The van der Waals surface area contributed by atoms with Gasteiger partial charge in [-0.3, -0.25) is 9.59 Å². The Kier molecular flexibility index (Phi) is 3.42. The number of rotatable bonds is 4. The first-order chi connectivity index (χ1) is 7.38. The first-order valence-corrected chi connectivity index (χ1v) is 4.91. The Morgan fingerprint density at radius 3 is 2.62 bits per heavy atom. The van der Waals surface area contributed by atoms with Crippen LogP contribution in [0.3, 0.4) is 0 Å². The van der Waals surface area contributed by atoms with Gasteiger partial charge in [-0.2, -0.15) is 0 Å². The third kappa shape index (κ3) is 2.45. The minimum absolute atomic E-state index is 0.00294. The molecule has 0 fully saturated rings. The summed E-state index contributed by atoms with van der Waals surface area (Å²) in [6.45, 7) is 3.32. The van der Waals surface area contributed by atoms with Gasteiger partial charge in [0.15, 0.2) is 6.29 Å². The lowest BCUT2D eigenvalue weighted by Crippen LogP contribution is -2.33. The monoisotopic (exact) mass is 223 g/mol. The molecule has 0 saturated heterocycles. The number of halogens is 1. The zero-order valence-electron chi connectivity index (χ0n) is 9.29. The Morgan fingerprint density at radius 2 is 2.12 bits per heavy atom. The Morgan fingerprint density at radius 1 is 1.50 bits per heavy atom. The van der Waals surface area contributed by atoms with E-state index in [9.17, 15) is 14.0 Å². The Balaban J connectivity index is 3.11. The van der Waals surface area contributed by atoms with E-state index in [0.717, 1.165) is 0 Å². The Labute approximate surface area is 93.4 Å². The number of carbonyl (C=O) groups is 2. The lowest BCUT2D eigenvalue weighted by molar-refractivity contribution is -0.125. The standard InChI is InChI=1S/C12H14FNO2/c1-12(2,11(14)16)6-8-4-3-5-10(13)9(8)7-15/h3-5,7H,6H2,1-2H3,(H2,14,16). The van der Waals surface area contributed by atoms with Gasteiger partial charge < -0.3 is 5.73 Å². The molecule has 1 aromatic carbocycles. The molecule has 4 heteroatoms. The summed E-state index contributed by atoms with van der Waals surface area (Å²) in [4.78, 5) is 21.9. The van der Waals surface area contributed by atoms with Crippen LogP contribution in [0.2, 0.25) is 0 Å². The van der Waals surface area contributed by atoms with Gasteiger partial charge in [-0.25, -0.2) is 4.39 Å². The molecule has 0 aliphatic carbocycles. The van der Waals surface area contributed by atoms with Crippen LogP contribution in [-0.2, 0) is 11.2 Å². The van der Waals surface area contributed by atoms with Crippen LogP contribution in [0.5, 0.6) is 0 Å². The van der Waals surface area contributed by atoms with Crippen LogP contribution in [0, 0.1) is 11.2 Å². The summed E-state index contributed by atoms with van der Waals surface area (Å²) in [6, 6.07) is 4.34. The second kappa shape index (κ2) is 4.43. The fourth-order valence-electron chi connectivity index (χ4n) is 1.43. The van der Waals surface area contributed by atoms with Crippen molar-refractivity contribution < 1.29 is 14.0 Å². The summed E-state index contributed by atoms with van der Waals surface area (Å²) < 4.78 is 13.3. The molecule has 0 aliphatic rings. The molecule has 1 aromatic rings. The van der Waals surface area contributed by atoms with E-state index in [4.69, 9.17) is 5.73 Å². The van der Waals surface area contributed by atoms with Gasteiger partial charge in [0, 0.05) is 5.41 Å². The molecule has 0 heterocycles. The summed E-state index contributed by atoms with van der Waals surface area (Å²) in [5.41, 5.74) is 4.92. The minimum atomic E-state index is -0.800. The highest BCUT2D eigenvalue weighted by molar-refractivity contribution is 5.82. The van der Waals surface area contributed by atoms with Gasteiger partial charge in [0.25, 0.3) is 0 Å². The van der Waals surface area contributed by atoms with E-state index in [1.807, 2.05) is 0 Å². The van der Waals surface area contributed by atoms with Crippen LogP contribution in [0.4, 0.5) is 4.39 Å². The normalized spacial score (nSPS) is 11.2. The van der Waals surface area contributed by atoms with Crippen LogP contribution >= 0.6 is 0 Å². The van der Waals surface area contributed by atoms with Crippen molar-refractivity contribution in [1.29, 1.82) is 0 Å². The number of amides is 1.